The van der Waals surface area contributed by atoms with Gasteiger partial charge in [-0.15, -0.1) is 0 Å². The van der Waals surface area contributed by atoms with Gasteiger partial charge in [0.1, 0.15) is 4.60 Å². The normalized spacial score (nSPS) is 11.9. The molecule has 4 nitrogen and oxygen atoms in total. The Labute approximate surface area is 147 Å². The topological polar surface area (TPSA) is 60.9 Å². The summed E-state index contributed by atoms with van der Waals surface area (Å²) >= 11 is 9.05. The van der Waals surface area contributed by atoms with E-state index in [0.29, 0.717) is 15.7 Å². The number of hydrogen-bond donors (Lipinski definition) is 1. The van der Waals surface area contributed by atoms with Gasteiger partial charge in [-0.25, -0.2) is 0 Å². The van der Waals surface area contributed by atoms with Crippen molar-refractivity contribution in [2.24, 2.45) is 0 Å². The fourth-order valence-electron chi connectivity index (χ4n) is 2.33. The van der Waals surface area contributed by atoms with E-state index < -0.39 is 23.2 Å². The summed E-state index contributed by atoms with van der Waals surface area (Å²) in [6.45, 7) is 0. The number of nitrogens with zero attached hydrogens (tertiary/aromatic N) is 2. The summed E-state index contributed by atoms with van der Waals surface area (Å²) in [5.74, 6) is -0.991. The summed E-state index contributed by atoms with van der Waals surface area (Å²) in [5.41, 5.74) is 4.54. The second-order valence-electron chi connectivity index (χ2n) is 4.94. The van der Waals surface area contributed by atoms with Gasteiger partial charge in [-0.3, -0.25) is 4.79 Å². The zero-order chi connectivity index (χ0) is 17.6. The molecule has 124 valence electrons. The Morgan fingerprint density at radius 1 is 1.25 bits per heavy atom. The van der Waals surface area contributed by atoms with Crippen molar-refractivity contribution in [3.63, 3.8) is 0 Å². The summed E-state index contributed by atoms with van der Waals surface area (Å²) in [7, 11) is 0. The lowest BCUT2D eigenvalue weighted by Crippen LogP contribution is -2.20. The number of aromatic nitrogens is 2. The van der Waals surface area contributed by atoms with Crippen LogP contribution in [-0.4, -0.2) is 15.7 Å². The van der Waals surface area contributed by atoms with Crippen LogP contribution in [0.1, 0.15) is 15.9 Å². The molecule has 0 bridgehead atoms. The molecule has 0 saturated heterocycles. The van der Waals surface area contributed by atoms with Gasteiger partial charge in [0.15, 0.2) is 0 Å². The molecule has 9 heteroatoms. The third kappa shape index (κ3) is 2.76. The van der Waals surface area contributed by atoms with Crippen LogP contribution in [0.2, 0.25) is 5.02 Å². The predicted molar refractivity (Wildman–Crippen MR) is 88.0 cm³/mol. The van der Waals surface area contributed by atoms with Crippen molar-refractivity contribution >= 4 is 50.0 Å². The molecule has 0 fully saturated rings. The van der Waals surface area contributed by atoms with E-state index in [1.165, 1.54) is 12.1 Å². The van der Waals surface area contributed by atoms with Crippen molar-refractivity contribution in [3.05, 3.63) is 57.2 Å². The molecule has 0 spiro atoms. The largest absolute Gasteiger partial charge is 0.417 e. The molecule has 0 aliphatic heterocycles. The Bertz CT molecular complexity index is 968. The van der Waals surface area contributed by atoms with Gasteiger partial charge in [0, 0.05) is 11.1 Å². The van der Waals surface area contributed by atoms with Crippen LogP contribution < -0.4 is 5.73 Å². The Hall–Kier alpha value is -2.06. The molecule has 0 aliphatic rings. The Morgan fingerprint density at radius 3 is 2.62 bits per heavy atom. The monoisotopic (exact) mass is 417 g/mol. The molecule has 2 aromatic carbocycles. The standard InChI is InChI=1S/C15H8BrClF3N3O/c16-13-8-5-4-7(21)6-11(8)23(22-13)14(24)12-9(15(18,19)20)2-1-3-10(12)17/h1-6H,21H2. The molecule has 3 aromatic rings. The van der Waals surface area contributed by atoms with Crippen molar-refractivity contribution in [2.45, 2.75) is 6.18 Å². The number of nitrogens with two attached hydrogens (primary N) is 1. The van der Waals surface area contributed by atoms with E-state index in [-0.39, 0.29) is 10.5 Å². The number of nitrogen functional groups attached to an aromatic ring is 1. The highest BCUT2D eigenvalue weighted by molar-refractivity contribution is 9.10. The van der Waals surface area contributed by atoms with Crippen molar-refractivity contribution < 1.29 is 18.0 Å². The minimum atomic E-state index is -4.73. The maximum absolute atomic E-state index is 13.2. The average molecular weight is 419 g/mol. The Morgan fingerprint density at radius 2 is 1.96 bits per heavy atom. The summed E-state index contributed by atoms with van der Waals surface area (Å²) in [6.07, 6.45) is -4.73. The van der Waals surface area contributed by atoms with E-state index in [9.17, 15) is 18.0 Å². The number of alkyl halides is 3. The lowest BCUT2D eigenvalue weighted by Gasteiger charge is -2.13. The van der Waals surface area contributed by atoms with Gasteiger partial charge in [0.2, 0.25) is 0 Å². The SMILES string of the molecule is Nc1ccc2c(Br)nn(C(=O)c3c(Cl)cccc3C(F)(F)F)c2c1. The maximum Gasteiger partial charge on any atom is 0.417 e. The van der Waals surface area contributed by atoms with Crippen LogP contribution in [-0.2, 0) is 6.18 Å². The number of carbonyl (C=O) groups excluding carboxylic acids is 1. The number of halogens is 5. The first-order valence-corrected chi connectivity index (χ1v) is 7.71. The first kappa shape index (κ1) is 16.8. The summed E-state index contributed by atoms with van der Waals surface area (Å²) in [6, 6.07) is 7.82. The highest BCUT2D eigenvalue weighted by Gasteiger charge is 2.37. The van der Waals surface area contributed by atoms with Crippen LogP contribution in [0.5, 0.6) is 0 Å². The molecule has 0 unspecified atom stereocenters. The molecule has 0 amide bonds. The van der Waals surface area contributed by atoms with Crippen LogP contribution in [0.3, 0.4) is 0 Å². The van der Waals surface area contributed by atoms with Gasteiger partial charge >= 0.3 is 6.18 Å². The fourth-order valence-corrected chi connectivity index (χ4v) is 3.08. The first-order chi connectivity index (χ1) is 11.2. The first-order valence-electron chi connectivity index (χ1n) is 6.54. The molecule has 2 N–H and O–H groups in total. The molecule has 3 rings (SSSR count). The number of hydrogen-bond acceptors (Lipinski definition) is 3. The maximum atomic E-state index is 13.2. The lowest BCUT2D eigenvalue weighted by molar-refractivity contribution is -0.137. The minimum absolute atomic E-state index is 0.278. The fraction of sp³-hybridized carbons (Fsp3) is 0.0667. The van der Waals surface area contributed by atoms with Crippen LogP contribution in [0.25, 0.3) is 10.9 Å². The predicted octanol–water partition coefficient (Wildman–Crippen LogP) is 4.74. The molecule has 0 saturated carbocycles. The van der Waals surface area contributed by atoms with Gasteiger partial charge in [-0.2, -0.15) is 23.0 Å². The van der Waals surface area contributed by atoms with E-state index in [2.05, 4.69) is 21.0 Å². The zero-order valence-electron chi connectivity index (χ0n) is 11.7. The van der Waals surface area contributed by atoms with E-state index >= 15 is 0 Å². The molecule has 1 heterocycles. The van der Waals surface area contributed by atoms with Crippen molar-refractivity contribution in [1.82, 2.24) is 9.78 Å². The summed E-state index contributed by atoms with van der Waals surface area (Å²) < 4.78 is 40.8. The van der Waals surface area contributed by atoms with Gasteiger partial charge < -0.3 is 5.73 Å². The second-order valence-corrected chi connectivity index (χ2v) is 6.10. The number of anilines is 1. The van der Waals surface area contributed by atoms with Gasteiger partial charge in [0.25, 0.3) is 5.91 Å². The van der Waals surface area contributed by atoms with E-state index in [4.69, 9.17) is 17.3 Å². The Balaban J connectivity index is 2.27. The smallest absolute Gasteiger partial charge is 0.399 e. The Kier molecular flexibility index (Phi) is 4.05. The molecular weight excluding hydrogens is 411 g/mol. The second kappa shape index (κ2) is 5.78. The third-order valence-electron chi connectivity index (χ3n) is 3.39. The minimum Gasteiger partial charge on any atom is -0.399 e. The van der Waals surface area contributed by atoms with Crippen molar-refractivity contribution in [1.29, 1.82) is 0 Å². The van der Waals surface area contributed by atoms with Crippen LogP contribution in [0.4, 0.5) is 18.9 Å². The number of carbonyl (C=O) groups is 1. The van der Waals surface area contributed by atoms with Gasteiger partial charge in [-0.05, 0) is 46.3 Å². The van der Waals surface area contributed by atoms with E-state index in [1.54, 1.807) is 12.1 Å². The van der Waals surface area contributed by atoms with Gasteiger partial charge in [0.05, 0.1) is 21.7 Å². The van der Waals surface area contributed by atoms with Crippen LogP contribution >= 0.6 is 27.5 Å². The molecule has 1 aromatic heterocycles. The average Bonchev–Trinajstić information content (AvgIpc) is 2.82. The quantitative estimate of drug-likeness (QED) is 0.581. The lowest BCUT2D eigenvalue weighted by atomic mass is 10.1. The van der Waals surface area contributed by atoms with Crippen molar-refractivity contribution in [2.75, 3.05) is 5.73 Å². The highest BCUT2D eigenvalue weighted by Crippen LogP contribution is 2.36. The number of benzene rings is 2. The zero-order valence-corrected chi connectivity index (χ0v) is 14.1. The van der Waals surface area contributed by atoms with Crippen molar-refractivity contribution in [3.8, 4) is 0 Å². The molecular formula is C15H8BrClF3N3O. The summed E-state index contributed by atoms with van der Waals surface area (Å²) in [5, 5.41) is 4.21. The molecule has 0 radical (unpaired) electrons. The van der Waals surface area contributed by atoms with E-state index in [0.717, 1.165) is 16.8 Å². The molecule has 0 atom stereocenters. The number of fused-ring (bicyclic) bond motifs is 1. The highest BCUT2D eigenvalue weighted by atomic mass is 79.9. The number of rotatable bonds is 1. The molecule has 0 aliphatic carbocycles. The molecule has 24 heavy (non-hydrogen) atoms. The van der Waals surface area contributed by atoms with Crippen LogP contribution in [0, 0.1) is 0 Å². The van der Waals surface area contributed by atoms with Gasteiger partial charge in [-0.1, -0.05) is 17.7 Å². The van der Waals surface area contributed by atoms with Crippen LogP contribution in [0.15, 0.2) is 41.0 Å². The summed E-state index contributed by atoms with van der Waals surface area (Å²) in [4.78, 5) is 12.7. The third-order valence-corrected chi connectivity index (χ3v) is 4.29. The van der Waals surface area contributed by atoms with E-state index in [1.807, 2.05) is 0 Å².